The Morgan fingerprint density at radius 2 is 1.85 bits per heavy atom. The molecular weight excluding hydrogens is 338 g/mol. The predicted molar refractivity (Wildman–Crippen MR) is 111 cm³/mol. The SMILES string of the molecule is CCNC(=NCC1CCCCC1C)N1CCC(OCC2CCCCO2)CC1. The van der Waals surface area contributed by atoms with E-state index >= 15 is 0 Å². The van der Waals surface area contributed by atoms with E-state index in [4.69, 9.17) is 14.5 Å². The zero-order chi connectivity index (χ0) is 18.9. The van der Waals surface area contributed by atoms with Crippen LogP contribution >= 0.6 is 0 Å². The fourth-order valence-electron chi connectivity index (χ4n) is 4.71. The van der Waals surface area contributed by atoms with Gasteiger partial charge in [0.1, 0.15) is 0 Å². The number of aliphatic imine (C=N–C) groups is 1. The Morgan fingerprint density at radius 1 is 1.07 bits per heavy atom. The van der Waals surface area contributed by atoms with Crippen molar-refractivity contribution < 1.29 is 9.47 Å². The molecule has 0 radical (unpaired) electrons. The summed E-state index contributed by atoms with van der Waals surface area (Å²) in [4.78, 5) is 7.46. The van der Waals surface area contributed by atoms with E-state index in [-0.39, 0.29) is 0 Å². The molecule has 3 rings (SSSR count). The molecule has 0 aromatic heterocycles. The molecule has 0 spiro atoms. The first-order valence-corrected chi connectivity index (χ1v) is 11.5. The molecule has 5 heteroatoms. The van der Waals surface area contributed by atoms with E-state index in [1.165, 1.54) is 38.5 Å². The number of guanidine groups is 1. The number of hydrogen-bond acceptors (Lipinski definition) is 3. The molecule has 0 aromatic carbocycles. The van der Waals surface area contributed by atoms with Gasteiger partial charge in [-0.2, -0.15) is 0 Å². The van der Waals surface area contributed by atoms with Crippen LogP contribution in [0.2, 0.25) is 0 Å². The molecule has 3 fully saturated rings. The molecule has 1 N–H and O–H groups in total. The molecule has 3 unspecified atom stereocenters. The first-order chi connectivity index (χ1) is 13.3. The van der Waals surface area contributed by atoms with Gasteiger partial charge in [0.2, 0.25) is 0 Å². The number of likely N-dealkylation sites (tertiary alicyclic amines) is 1. The standard InChI is InChI=1S/C22H41N3O2/c1-3-23-22(24-16-19-9-5-4-8-18(19)2)25-13-11-20(12-14-25)27-17-21-10-6-7-15-26-21/h18-21H,3-17H2,1-2H3,(H,23,24). The van der Waals surface area contributed by atoms with Crippen LogP contribution in [0, 0.1) is 11.8 Å². The van der Waals surface area contributed by atoms with Crippen LogP contribution in [0.25, 0.3) is 0 Å². The summed E-state index contributed by atoms with van der Waals surface area (Å²) in [7, 11) is 0. The van der Waals surface area contributed by atoms with Gasteiger partial charge in [-0.25, -0.2) is 0 Å². The van der Waals surface area contributed by atoms with E-state index in [0.717, 1.165) is 76.5 Å². The second-order valence-corrected chi connectivity index (χ2v) is 8.72. The van der Waals surface area contributed by atoms with Crippen molar-refractivity contribution in [2.45, 2.75) is 83.8 Å². The van der Waals surface area contributed by atoms with E-state index < -0.39 is 0 Å². The Bertz CT molecular complexity index is 443. The number of nitrogens with one attached hydrogen (secondary N) is 1. The van der Waals surface area contributed by atoms with Crippen molar-refractivity contribution in [1.82, 2.24) is 10.2 Å². The maximum absolute atomic E-state index is 6.17. The van der Waals surface area contributed by atoms with E-state index in [1.807, 2.05) is 0 Å². The summed E-state index contributed by atoms with van der Waals surface area (Å²) in [5.41, 5.74) is 0. The van der Waals surface area contributed by atoms with Crippen LogP contribution in [0.4, 0.5) is 0 Å². The normalized spacial score (nSPS) is 31.1. The van der Waals surface area contributed by atoms with Crippen molar-refractivity contribution >= 4 is 5.96 Å². The van der Waals surface area contributed by atoms with Gasteiger partial charge < -0.3 is 19.7 Å². The number of ether oxygens (including phenoxy) is 2. The van der Waals surface area contributed by atoms with Crippen LogP contribution in [0.15, 0.2) is 4.99 Å². The topological polar surface area (TPSA) is 46.1 Å². The predicted octanol–water partition coefficient (Wildman–Crippen LogP) is 3.83. The van der Waals surface area contributed by atoms with Gasteiger partial charge in [0.05, 0.1) is 18.8 Å². The maximum Gasteiger partial charge on any atom is 0.193 e. The number of rotatable bonds is 6. The summed E-state index contributed by atoms with van der Waals surface area (Å²) in [5, 5.41) is 3.52. The lowest BCUT2D eigenvalue weighted by Gasteiger charge is -2.35. The minimum atomic E-state index is 0.327. The fraction of sp³-hybridized carbons (Fsp3) is 0.955. The third-order valence-electron chi connectivity index (χ3n) is 6.63. The minimum Gasteiger partial charge on any atom is -0.376 e. The lowest BCUT2D eigenvalue weighted by atomic mass is 9.80. The molecule has 2 saturated heterocycles. The summed E-state index contributed by atoms with van der Waals surface area (Å²) in [6.45, 7) is 10.3. The molecule has 1 aliphatic carbocycles. The van der Waals surface area contributed by atoms with Crippen LogP contribution in [0.3, 0.4) is 0 Å². The highest BCUT2D eigenvalue weighted by Crippen LogP contribution is 2.29. The molecular formula is C22H41N3O2. The van der Waals surface area contributed by atoms with Crippen LogP contribution in [-0.2, 0) is 9.47 Å². The average Bonchev–Trinajstić information content (AvgIpc) is 2.72. The molecule has 2 aliphatic heterocycles. The van der Waals surface area contributed by atoms with Crippen molar-refractivity contribution in [3.63, 3.8) is 0 Å². The molecule has 2 heterocycles. The largest absolute Gasteiger partial charge is 0.376 e. The lowest BCUT2D eigenvalue weighted by molar-refractivity contribution is -0.0721. The van der Waals surface area contributed by atoms with Crippen molar-refractivity contribution in [1.29, 1.82) is 0 Å². The van der Waals surface area contributed by atoms with Gasteiger partial charge in [0.15, 0.2) is 5.96 Å². The van der Waals surface area contributed by atoms with E-state index in [0.29, 0.717) is 12.2 Å². The Hall–Kier alpha value is -0.810. The Labute approximate surface area is 166 Å². The Kier molecular flexibility index (Phi) is 8.72. The summed E-state index contributed by atoms with van der Waals surface area (Å²) >= 11 is 0. The molecule has 3 aliphatic rings. The quantitative estimate of drug-likeness (QED) is 0.563. The highest BCUT2D eigenvalue weighted by Gasteiger charge is 2.25. The minimum absolute atomic E-state index is 0.327. The summed E-state index contributed by atoms with van der Waals surface area (Å²) in [6.07, 6.45) is 12.1. The summed E-state index contributed by atoms with van der Waals surface area (Å²) in [5.74, 6) is 2.71. The average molecular weight is 380 g/mol. The third-order valence-corrected chi connectivity index (χ3v) is 6.63. The highest BCUT2D eigenvalue weighted by molar-refractivity contribution is 5.80. The van der Waals surface area contributed by atoms with Crippen molar-refractivity contribution in [2.24, 2.45) is 16.8 Å². The van der Waals surface area contributed by atoms with Crippen LogP contribution in [-0.4, -0.2) is 62.5 Å². The number of nitrogens with zero attached hydrogens (tertiary/aromatic N) is 2. The van der Waals surface area contributed by atoms with Crippen molar-refractivity contribution in [3.05, 3.63) is 0 Å². The lowest BCUT2D eigenvalue weighted by Crippen LogP contribution is -2.47. The highest BCUT2D eigenvalue weighted by atomic mass is 16.5. The van der Waals surface area contributed by atoms with E-state index in [1.54, 1.807) is 0 Å². The summed E-state index contributed by atoms with van der Waals surface area (Å²) in [6, 6.07) is 0. The molecule has 5 nitrogen and oxygen atoms in total. The summed E-state index contributed by atoms with van der Waals surface area (Å²) < 4.78 is 12.0. The van der Waals surface area contributed by atoms with Crippen LogP contribution in [0.5, 0.6) is 0 Å². The molecule has 0 aromatic rings. The van der Waals surface area contributed by atoms with Crippen molar-refractivity contribution in [3.8, 4) is 0 Å². The second kappa shape index (κ2) is 11.3. The Balaban J connectivity index is 1.42. The molecule has 0 bridgehead atoms. The maximum atomic E-state index is 6.17. The smallest absolute Gasteiger partial charge is 0.193 e. The van der Waals surface area contributed by atoms with Gasteiger partial charge in [0, 0.05) is 32.8 Å². The molecule has 156 valence electrons. The van der Waals surface area contributed by atoms with E-state index in [9.17, 15) is 0 Å². The van der Waals surface area contributed by atoms with Gasteiger partial charge in [-0.1, -0.05) is 26.2 Å². The van der Waals surface area contributed by atoms with Gasteiger partial charge >= 0.3 is 0 Å². The zero-order valence-corrected chi connectivity index (χ0v) is 17.6. The van der Waals surface area contributed by atoms with Gasteiger partial charge in [-0.15, -0.1) is 0 Å². The Morgan fingerprint density at radius 3 is 2.56 bits per heavy atom. The monoisotopic (exact) mass is 379 g/mol. The van der Waals surface area contributed by atoms with Crippen LogP contribution in [0.1, 0.15) is 71.6 Å². The van der Waals surface area contributed by atoms with Gasteiger partial charge in [-0.3, -0.25) is 4.99 Å². The molecule has 27 heavy (non-hydrogen) atoms. The number of hydrogen-bond donors (Lipinski definition) is 1. The zero-order valence-electron chi connectivity index (χ0n) is 17.6. The first-order valence-electron chi connectivity index (χ1n) is 11.5. The second-order valence-electron chi connectivity index (χ2n) is 8.72. The molecule has 1 saturated carbocycles. The van der Waals surface area contributed by atoms with E-state index in [2.05, 4.69) is 24.1 Å². The molecule has 0 amide bonds. The van der Waals surface area contributed by atoms with Crippen LogP contribution < -0.4 is 5.32 Å². The fourth-order valence-corrected chi connectivity index (χ4v) is 4.71. The number of piperidine rings is 1. The van der Waals surface area contributed by atoms with Crippen molar-refractivity contribution in [2.75, 3.05) is 39.4 Å². The first kappa shape index (κ1) is 20.9. The van der Waals surface area contributed by atoms with Gasteiger partial charge in [0.25, 0.3) is 0 Å². The van der Waals surface area contributed by atoms with Gasteiger partial charge in [-0.05, 0) is 57.3 Å². The molecule has 3 atom stereocenters. The third kappa shape index (κ3) is 6.63.